The van der Waals surface area contributed by atoms with Gasteiger partial charge in [-0.05, 0) is 26.0 Å². The summed E-state index contributed by atoms with van der Waals surface area (Å²) in [4.78, 5) is 23.0. The molecule has 19 heavy (non-hydrogen) atoms. The highest BCUT2D eigenvalue weighted by Gasteiger charge is 2.12. The molecule has 2 aromatic heterocycles. The number of H-pyrrole nitrogens is 1. The average molecular weight is 260 g/mol. The number of hydrogen-bond donors (Lipinski definition) is 2. The standard InChI is InChI=1S/C13H16N4O2/c1-8-10(13(18)19-3)4-5-11(16-8)17-9(2)12-14-6-7-15-12/h4-7,9H,1-3H3,(H,14,15)(H,16,17). The van der Waals surface area contributed by atoms with E-state index in [9.17, 15) is 4.79 Å². The molecule has 0 aromatic carbocycles. The Morgan fingerprint density at radius 3 is 2.84 bits per heavy atom. The smallest absolute Gasteiger partial charge is 0.339 e. The van der Waals surface area contributed by atoms with Crippen LogP contribution in [0.2, 0.25) is 0 Å². The number of hydrogen-bond acceptors (Lipinski definition) is 5. The summed E-state index contributed by atoms with van der Waals surface area (Å²) in [5.41, 5.74) is 1.10. The number of aromatic nitrogens is 3. The maximum Gasteiger partial charge on any atom is 0.339 e. The fraction of sp³-hybridized carbons (Fsp3) is 0.308. The first-order chi connectivity index (χ1) is 9.11. The second-order valence-corrected chi connectivity index (χ2v) is 4.16. The number of carbonyl (C=O) groups is 1. The van der Waals surface area contributed by atoms with Crippen molar-refractivity contribution in [3.63, 3.8) is 0 Å². The number of aromatic amines is 1. The summed E-state index contributed by atoms with van der Waals surface area (Å²) in [6.45, 7) is 3.75. The van der Waals surface area contributed by atoms with Gasteiger partial charge in [0.25, 0.3) is 0 Å². The van der Waals surface area contributed by atoms with Crippen molar-refractivity contribution in [1.82, 2.24) is 15.0 Å². The van der Waals surface area contributed by atoms with Gasteiger partial charge in [0.2, 0.25) is 0 Å². The molecule has 0 spiro atoms. The van der Waals surface area contributed by atoms with E-state index in [0.717, 1.165) is 5.82 Å². The van der Waals surface area contributed by atoms with Crippen LogP contribution in [0.15, 0.2) is 24.5 Å². The minimum absolute atomic E-state index is 0.00544. The van der Waals surface area contributed by atoms with E-state index in [0.29, 0.717) is 17.1 Å². The number of carbonyl (C=O) groups excluding carboxylic acids is 1. The third kappa shape index (κ3) is 2.90. The summed E-state index contributed by atoms with van der Waals surface area (Å²) in [7, 11) is 1.35. The lowest BCUT2D eigenvalue weighted by molar-refractivity contribution is 0.0599. The zero-order valence-electron chi connectivity index (χ0n) is 11.1. The van der Waals surface area contributed by atoms with Crippen molar-refractivity contribution >= 4 is 11.8 Å². The first-order valence-corrected chi connectivity index (χ1v) is 5.93. The fourth-order valence-corrected chi connectivity index (χ4v) is 1.77. The van der Waals surface area contributed by atoms with Crippen LogP contribution in [0.4, 0.5) is 5.82 Å². The predicted molar refractivity (Wildman–Crippen MR) is 70.9 cm³/mol. The van der Waals surface area contributed by atoms with Crippen LogP contribution in [0.3, 0.4) is 0 Å². The van der Waals surface area contributed by atoms with Crippen LogP contribution in [0.25, 0.3) is 0 Å². The normalized spacial score (nSPS) is 11.9. The van der Waals surface area contributed by atoms with E-state index in [1.807, 2.05) is 6.92 Å². The Balaban J connectivity index is 2.14. The van der Waals surface area contributed by atoms with Crippen LogP contribution in [0.1, 0.15) is 34.8 Å². The number of aryl methyl sites for hydroxylation is 1. The zero-order valence-corrected chi connectivity index (χ0v) is 11.1. The number of pyridine rings is 1. The van der Waals surface area contributed by atoms with Gasteiger partial charge in [-0.2, -0.15) is 0 Å². The molecule has 6 heteroatoms. The highest BCUT2D eigenvalue weighted by molar-refractivity contribution is 5.90. The average Bonchev–Trinajstić information content (AvgIpc) is 2.92. The predicted octanol–water partition coefficient (Wildman–Crippen LogP) is 2.07. The van der Waals surface area contributed by atoms with Crippen LogP contribution in [-0.4, -0.2) is 28.0 Å². The molecular formula is C13H16N4O2. The highest BCUT2D eigenvalue weighted by atomic mass is 16.5. The first kappa shape index (κ1) is 13.1. The van der Waals surface area contributed by atoms with E-state index in [1.54, 1.807) is 31.5 Å². The maximum absolute atomic E-state index is 11.5. The maximum atomic E-state index is 11.5. The number of methoxy groups -OCH3 is 1. The van der Waals surface area contributed by atoms with Crippen molar-refractivity contribution in [3.05, 3.63) is 41.6 Å². The van der Waals surface area contributed by atoms with E-state index in [1.165, 1.54) is 7.11 Å². The van der Waals surface area contributed by atoms with Crippen molar-refractivity contribution in [3.8, 4) is 0 Å². The molecule has 2 rings (SSSR count). The van der Waals surface area contributed by atoms with Gasteiger partial charge < -0.3 is 15.0 Å². The Morgan fingerprint density at radius 2 is 2.26 bits per heavy atom. The molecule has 2 aromatic rings. The van der Waals surface area contributed by atoms with E-state index in [-0.39, 0.29) is 12.0 Å². The minimum Gasteiger partial charge on any atom is -0.465 e. The third-order valence-electron chi connectivity index (χ3n) is 2.79. The van der Waals surface area contributed by atoms with Crippen LogP contribution in [0.5, 0.6) is 0 Å². The number of nitrogens with zero attached hydrogens (tertiary/aromatic N) is 2. The van der Waals surface area contributed by atoms with Crippen LogP contribution in [0, 0.1) is 6.92 Å². The van der Waals surface area contributed by atoms with Gasteiger partial charge >= 0.3 is 5.97 Å². The number of anilines is 1. The number of nitrogens with one attached hydrogen (secondary N) is 2. The molecule has 0 amide bonds. The number of esters is 1. The largest absolute Gasteiger partial charge is 0.465 e. The Kier molecular flexibility index (Phi) is 3.79. The molecule has 0 saturated carbocycles. The van der Waals surface area contributed by atoms with Crippen LogP contribution < -0.4 is 5.32 Å². The zero-order chi connectivity index (χ0) is 13.8. The number of ether oxygens (including phenoxy) is 1. The van der Waals surface area contributed by atoms with Gasteiger partial charge in [0.05, 0.1) is 24.4 Å². The Morgan fingerprint density at radius 1 is 1.47 bits per heavy atom. The fourth-order valence-electron chi connectivity index (χ4n) is 1.77. The Hall–Kier alpha value is -2.37. The summed E-state index contributed by atoms with van der Waals surface area (Å²) in [5.74, 6) is 1.14. The molecule has 0 fully saturated rings. The van der Waals surface area contributed by atoms with Gasteiger partial charge in [-0.15, -0.1) is 0 Å². The van der Waals surface area contributed by atoms with Crippen molar-refractivity contribution in [2.45, 2.75) is 19.9 Å². The lowest BCUT2D eigenvalue weighted by Crippen LogP contribution is -2.11. The highest BCUT2D eigenvalue weighted by Crippen LogP contribution is 2.16. The minimum atomic E-state index is -0.379. The molecule has 1 atom stereocenters. The summed E-state index contributed by atoms with van der Waals surface area (Å²) < 4.78 is 4.68. The van der Waals surface area contributed by atoms with Crippen molar-refractivity contribution in [1.29, 1.82) is 0 Å². The second kappa shape index (κ2) is 5.51. The first-order valence-electron chi connectivity index (χ1n) is 5.93. The quantitative estimate of drug-likeness (QED) is 0.823. The molecule has 0 aliphatic rings. The van der Waals surface area contributed by atoms with E-state index in [2.05, 4.69) is 25.0 Å². The van der Waals surface area contributed by atoms with E-state index in [4.69, 9.17) is 0 Å². The lowest BCUT2D eigenvalue weighted by atomic mass is 10.2. The molecule has 0 bridgehead atoms. The van der Waals surface area contributed by atoms with Gasteiger partial charge in [-0.25, -0.2) is 14.8 Å². The number of imidazole rings is 1. The van der Waals surface area contributed by atoms with Gasteiger partial charge in [0, 0.05) is 12.4 Å². The van der Waals surface area contributed by atoms with Gasteiger partial charge in [0.1, 0.15) is 11.6 Å². The van der Waals surface area contributed by atoms with Crippen LogP contribution in [-0.2, 0) is 4.74 Å². The molecule has 1 unspecified atom stereocenters. The second-order valence-electron chi connectivity index (χ2n) is 4.16. The molecule has 0 radical (unpaired) electrons. The molecular weight excluding hydrogens is 244 g/mol. The van der Waals surface area contributed by atoms with E-state index < -0.39 is 0 Å². The van der Waals surface area contributed by atoms with Gasteiger partial charge in [-0.3, -0.25) is 0 Å². The Bertz CT molecular complexity index is 566. The molecule has 0 aliphatic heterocycles. The number of rotatable bonds is 4. The van der Waals surface area contributed by atoms with Gasteiger partial charge in [-0.1, -0.05) is 0 Å². The monoisotopic (exact) mass is 260 g/mol. The molecule has 0 aliphatic carbocycles. The third-order valence-corrected chi connectivity index (χ3v) is 2.79. The SMILES string of the molecule is COC(=O)c1ccc(NC(C)c2ncc[nH]2)nc1C. The molecule has 6 nitrogen and oxygen atoms in total. The summed E-state index contributed by atoms with van der Waals surface area (Å²) in [5, 5.41) is 3.21. The molecule has 2 heterocycles. The lowest BCUT2D eigenvalue weighted by Gasteiger charge is -2.13. The van der Waals surface area contributed by atoms with Crippen LogP contribution >= 0.6 is 0 Å². The molecule has 100 valence electrons. The summed E-state index contributed by atoms with van der Waals surface area (Å²) in [6, 6.07) is 3.45. The molecule has 2 N–H and O–H groups in total. The summed E-state index contributed by atoms with van der Waals surface area (Å²) >= 11 is 0. The summed E-state index contributed by atoms with van der Waals surface area (Å²) in [6.07, 6.45) is 3.47. The van der Waals surface area contributed by atoms with Gasteiger partial charge in [0.15, 0.2) is 0 Å². The van der Waals surface area contributed by atoms with Crippen molar-refractivity contribution in [2.24, 2.45) is 0 Å². The molecule has 0 saturated heterocycles. The van der Waals surface area contributed by atoms with E-state index >= 15 is 0 Å². The topological polar surface area (TPSA) is 79.9 Å². The van der Waals surface area contributed by atoms with Crippen molar-refractivity contribution in [2.75, 3.05) is 12.4 Å². The Labute approximate surface area is 111 Å². The van der Waals surface area contributed by atoms with Crippen molar-refractivity contribution < 1.29 is 9.53 Å².